The SMILES string of the molecule is CCC(CC)COc1c(Cl)cc(Cl)cc1CO. The number of aliphatic hydroxyl groups excluding tert-OH is 1. The van der Waals surface area contributed by atoms with Gasteiger partial charge in [-0.1, -0.05) is 49.9 Å². The van der Waals surface area contributed by atoms with Gasteiger partial charge in [-0.2, -0.15) is 0 Å². The first-order chi connectivity index (χ1) is 8.12. The Labute approximate surface area is 113 Å². The molecule has 0 aliphatic rings. The van der Waals surface area contributed by atoms with Crippen molar-refractivity contribution in [2.45, 2.75) is 33.3 Å². The summed E-state index contributed by atoms with van der Waals surface area (Å²) in [6.45, 7) is 4.75. The van der Waals surface area contributed by atoms with Crippen molar-refractivity contribution in [1.29, 1.82) is 0 Å². The fraction of sp³-hybridized carbons (Fsp3) is 0.538. The zero-order valence-electron chi connectivity index (χ0n) is 10.2. The molecule has 1 rings (SSSR count). The molecule has 0 saturated heterocycles. The van der Waals surface area contributed by atoms with Gasteiger partial charge >= 0.3 is 0 Å². The minimum absolute atomic E-state index is 0.126. The van der Waals surface area contributed by atoms with Gasteiger partial charge < -0.3 is 9.84 Å². The van der Waals surface area contributed by atoms with E-state index in [1.165, 1.54) is 0 Å². The molecule has 0 aromatic heterocycles. The van der Waals surface area contributed by atoms with E-state index in [9.17, 15) is 5.11 Å². The van der Waals surface area contributed by atoms with Crippen molar-refractivity contribution in [2.24, 2.45) is 5.92 Å². The monoisotopic (exact) mass is 276 g/mol. The van der Waals surface area contributed by atoms with E-state index in [2.05, 4.69) is 13.8 Å². The van der Waals surface area contributed by atoms with Crippen molar-refractivity contribution in [3.05, 3.63) is 27.7 Å². The van der Waals surface area contributed by atoms with Gasteiger partial charge in [0.25, 0.3) is 0 Å². The fourth-order valence-electron chi connectivity index (χ4n) is 1.62. The van der Waals surface area contributed by atoms with Crippen LogP contribution < -0.4 is 4.74 Å². The number of benzene rings is 1. The highest BCUT2D eigenvalue weighted by molar-refractivity contribution is 6.35. The minimum Gasteiger partial charge on any atom is -0.491 e. The van der Waals surface area contributed by atoms with E-state index in [0.29, 0.717) is 33.9 Å². The van der Waals surface area contributed by atoms with E-state index in [1.807, 2.05) is 0 Å². The van der Waals surface area contributed by atoms with Crippen molar-refractivity contribution < 1.29 is 9.84 Å². The summed E-state index contributed by atoms with van der Waals surface area (Å²) in [7, 11) is 0. The molecule has 0 aliphatic heterocycles. The average molecular weight is 277 g/mol. The zero-order valence-corrected chi connectivity index (χ0v) is 11.7. The molecule has 0 atom stereocenters. The van der Waals surface area contributed by atoms with Crippen LogP contribution in [0.2, 0.25) is 10.0 Å². The summed E-state index contributed by atoms with van der Waals surface area (Å²) in [5.74, 6) is 1.05. The van der Waals surface area contributed by atoms with Crippen LogP contribution in [0, 0.1) is 5.92 Å². The number of hydrogen-bond donors (Lipinski definition) is 1. The maximum atomic E-state index is 9.25. The largest absolute Gasteiger partial charge is 0.491 e. The standard InChI is InChI=1S/C13H18Cl2O2/c1-3-9(4-2)8-17-13-10(7-16)5-11(14)6-12(13)15/h5-6,9,16H,3-4,7-8H2,1-2H3. The molecule has 0 amide bonds. The lowest BCUT2D eigenvalue weighted by atomic mass is 10.1. The van der Waals surface area contributed by atoms with Crippen LogP contribution in [0.15, 0.2) is 12.1 Å². The van der Waals surface area contributed by atoms with E-state index >= 15 is 0 Å². The number of ether oxygens (including phenoxy) is 1. The second kappa shape index (κ2) is 7.10. The molecule has 0 saturated carbocycles. The Morgan fingerprint density at radius 1 is 1.24 bits per heavy atom. The van der Waals surface area contributed by atoms with Crippen molar-refractivity contribution in [3.8, 4) is 5.75 Å². The molecule has 0 heterocycles. The third-order valence-corrected chi connectivity index (χ3v) is 3.37. The molecule has 0 bridgehead atoms. The van der Waals surface area contributed by atoms with Crippen molar-refractivity contribution in [2.75, 3.05) is 6.61 Å². The van der Waals surface area contributed by atoms with Crippen LogP contribution in [-0.4, -0.2) is 11.7 Å². The van der Waals surface area contributed by atoms with Gasteiger partial charge in [-0.3, -0.25) is 0 Å². The third-order valence-electron chi connectivity index (χ3n) is 2.87. The second-order valence-corrected chi connectivity index (χ2v) is 4.87. The summed E-state index contributed by atoms with van der Waals surface area (Å²) in [6.07, 6.45) is 2.13. The van der Waals surface area contributed by atoms with Crippen LogP contribution in [-0.2, 0) is 6.61 Å². The number of rotatable bonds is 6. The molecule has 0 aliphatic carbocycles. The summed E-state index contributed by atoms with van der Waals surface area (Å²) in [4.78, 5) is 0. The van der Waals surface area contributed by atoms with Crippen LogP contribution in [0.25, 0.3) is 0 Å². The first kappa shape index (κ1) is 14.6. The summed E-state index contributed by atoms with van der Waals surface area (Å²) in [5.41, 5.74) is 0.633. The number of aliphatic hydroxyl groups is 1. The molecule has 0 spiro atoms. The van der Waals surface area contributed by atoms with Gasteiger partial charge in [0.15, 0.2) is 0 Å². The van der Waals surface area contributed by atoms with Gasteiger partial charge in [0.2, 0.25) is 0 Å². The van der Waals surface area contributed by atoms with Gasteiger partial charge in [-0.05, 0) is 18.1 Å². The lowest BCUT2D eigenvalue weighted by Gasteiger charge is -2.17. The molecule has 0 radical (unpaired) electrons. The lowest BCUT2D eigenvalue weighted by Crippen LogP contribution is -2.11. The van der Waals surface area contributed by atoms with Crippen molar-refractivity contribution in [1.82, 2.24) is 0 Å². The number of halogens is 2. The zero-order chi connectivity index (χ0) is 12.8. The molecule has 1 aromatic rings. The smallest absolute Gasteiger partial charge is 0.143 e. The van der Waals surface area contributed by atoms with Crippen LogP contribution in [0.5, 0.6) is 5.75 Å². The molecule has 0 fully saturated rings. The Bertz CT molecular complexity index is 363. The lowest BCUT2D eigenvalue weighted by molar-refractivity contribution is 0.227. The first-order valence-electron chi connectivity index (χ1n) is 5.83. The third kappa shape index (κ3) is 4.06. The van der Waals surface area contributed by atoms with Gasteiger partial charge in [0.05, 0.1) is 18.2 Å². The molecule has 1 aromatic carbocycles. The van der Waals surface area contributed by atoms with Crippen LogP contribution >= 0.6 is 23.2 Å². The normalized spacial score (nSPS) is 10.9. The Morgan fingerprint density at radius 2 is 1.88 bits per heavy atom. The maximum absolute atomic E-state index is 9.25. The first-order valence-corrected chi connectivity index (χ1v) is 6.59. The van der Waals surface area contributed by atoms with E-state index in [0.717, 1.165) is 12.8 Å². The Balaban J connectivity index is 2.82. The fourth-order valence-corrected chi connectivity index (χ4v) is 2.21. The van der Waals surface area contributed by atoms with Crippen molar-refractivity contribution in [3.63, 3.8) is 0 Å². The minimum atomic E-state index is -0.126. The highest BCUT2D eigenvalue weighted by Crippen LogP contribution is 2.33. The summed E-state index contributed by atoms with van der Waals surface area (Å²) in [6, 6.07) is 3.31. The van der Waals surface area contributed by atoms with Crippen LogP contribution in [0.4, 0.5) is 0 Å². The van der Waals surface area contributed by atoms with Crippen LogP contribution in [0.3, 0.4) is 0 Å². The molecule has 0 unspecified atom stereocenters. The highest BCUT2D eigenvalue weighted by atomic mass is 35.5. The highest BCUT2D eigenvalue weighted by Gasteiger charge is 2.12. The molecule has 1 N–H and O–H groups in total. The maximum Gasteiger partial charge on any atom is 0.143 e. The molecule has 96 valence electrons. The quantitative estimate of drug-likeness (QED) is 0.840. The van der Waals surface area contributed by atoms with E-state index < -0.39 is 0 Å². The van der Waals surface area contributed by atoms with Gasteiger partial charge in [-0.25, -0.2) is 0 Å². The van der Waals surface area contributed by atoms with Crippen LogP contribution in [0.1, 0.15) is 32.3 Å². The molecule has 4 heteroatoms. The summed E-state index contributed by atoms with van der Waals surface area (Å²) >= 11 is 11.9. The van der Waals surface area contributed by atoms with E-state index in [1.54, 1.807) is 12.1 Å². The predicted molar refractivity (Wildman–Crippen MR) is 72.0 cm³/mol. The van der Waals surface area contributed by atoms with Gasteiger partial charge in [-0.15, -0.1) is 0 Å². The number of hydrogen-bond acceptors (Lipinski definition) is 2. The summed E-state index contributed by atoms with van der Waals surface area (Å²) in [5, 5.41) is 10.2. The van der Waals surface area contributed by atoms with Gasteiger partial charge in [0.1, 0.15) is 5.75 Å². The predicted octanol–water partition coefficient (Wildman–Crippen LogP) is 4.30. The van der Waals surface area contributed by atoms with Gasteiger partial charge in [0, 0.05) is 10.6 Å². The Morgan fingerprint density at radius 3 is 2.41 bits per heavy atom. The molecular formula is C13H18Cl2O2. The molecular weight excluding hydrogens is 259 g/mol. The Hall–Kier alpha value is -0.440. The molecule has 17 heavy (non-hydrogen) atoms. The Kier molecular flexibility index (Phi) is 6.10. The average Bonchev–Trinajstić information content (AvgIpc) is 2.31. The molecule has 2 nitrogen and oxygen atoms in total. The topological polar surface area (TPSA) is 29.5 Å². The second-order valence-electron chi connectivity index (χ2n) is 4.03. The van der Waals surface area contributed by atoms with E-state index in [-0.39, 0.29) is 6.61 Å². The van der Waals surface area contributed by atoms with Crippen molar-refractivity contribution >= 4 is 23.2 Å². The summed E-state index contributed by atoms with van der Waals surface area (Å²) < 4.78 is 5.71. The van der Waals surface area contributed by atoms with E-state index in [4.69, 9.17) is 27.9 Å².